The highest BCUT2D eigenvalue weighted by Crippen LogP contribution is 2.06. The van der Waals surface area contributed by atoms with Crippen molar-refractivity contribution < 1.29 is 4.42 Å². The normalized spacial score (nSPS) is 10.4. The fourth-order valence-electron chi connectivity index (χ4n) is 1.87. The lowest BCUT2D eigenvalue weighted by molar-refractivity contribution is 0.558. The maximum atomic E-state index is 5.52. The van der Waals surface area contributed by atoms with Crippen LogP contribution in [0.5, 0.6) is 0 Å². The Morgan fingerprint density at radius 2 is 2.25 bits per heavy atom. The van der Waals surface area contributed by atoms with Crippen molar-refractivity contribution >= 4 is 18.4 Å². The summed E-state index contributed by atoms with van der Waals surface area (Å²) in [5, 5.41) is 8.22. The van der Waals surface area contributed by atoms with E-state index >= 15 is 0 Å². The molecule has 0 aromatic carbocycles. The van der Waals surface area contributed by atoms with Gasteiger partial charge in [-0.15, -0.1) is 17.5 Å². The van der Waals surface area contributed by atoms with Crippen LogP contribution in [0.3, 0.4) is 0 Å². The smallest absolute Gasteiger partial charge is 0.197 e. The number of halogens is 1. The van der Waals surface area contributed by atoms with E-state index in [1.807, 2.05) is 12.3 Å². The average Bonchev–Trinajstić information content (AvgIpc) is 3.10. The number of H-pyrrole nitrogens is 1. The molecule has 0 radical (unpaired) electrons. The van der Waals surface area contributed by atoms with Crippen LogP contribution in [0.4, 0.5) is 5.95 Å². The lowest BCUT2D eigenvalue weighted by Crippen LogP contribution is -1.98. The molecule has 0 spiro atoms. The number of aromatic amines is 1. The molecular formula is C12H15ClN6O. The number of anilines is 1. The second kappa shape index (κ2) is 6.25. The van der Waals surface area contributed by atoms with Gasteiger partial charge in [0.25, 0.3) is 0 Å². The molecule has 0 saturated heterocycles. The van der Waals surface area contributed by atoms with Gasteiger partial charge >= 0.3 is 0 Å². The number of rotatable bonds is 5. The van der Waals surface area contributed by atoms with E-state index in [1.165, 1.54) is 0 Å². The molecular weight excluding hydrogens is 280 g/mol. The van der Waals surface area contributed by atoms with Crippen molar-refractivity contribution in [3.8, 4) is 0 Å². The molecule has 0 aliphatic carbocycles. The number of nitrogens with one attached hydrogen (secondary N) is 1. The maximum Gasteiger partial charge on any atom is 0.197 e. The Morgan fingerprint density at radius 3 is 2.95 bits per heavy atom. The van der Waals surface area contributed by atoms with Crippen molar-refractivity contribution in [2.45, 2.75) is 19.4 Å². The van der Waals surface area contributed by atoms with Crippen LogP contribution in [-0.2, 0) is 19.4 Å². The van der Waals surface area contributed by atoms with Crippen molar-refractivity contribution in [1.82, 2.24) is 25.0 Å². The summed E-state index contributed by atoms with van der Waals surface area (Å²) in [6, 6.07) is 1.91. The summed E-state index contributed by atoms with van der Waals surface area (Å²) in [4.78, 5) is 6.94. The molecule has 3 heterocycles. The zero-order valence-electron chi connectivity index (χ0n) is 10.7. The predicted octanol–water partition coefficient (Wildman–Crippen LogP) is 1.43. The molecule has 0 saturated carbocycles. The van der Waals surface area contributed by atoms with Crippen LogP contribution in [0.15, 0.2) is 35.4 Å². The first kappa shape index (κ1) is 14.1. The van der Waals surface area contributed by atoms with Gasteiger partial charge in [0.1, 0.15) is 0 Å². The highest BCUT2D eigenvalue weighted by molar-refractivity contribution is 5.85. The first-order valence-electron chi connectivity index (χ1n) is 5.99. The molecule has 3 N–H and O–H groups in total. The molecule has 3 aromatic rings. The Morgan fingerprint density at radius 1 is 1.35 bits per heavy atom. The van der Waals surface area contributed by atoms with Crippen molar-refractivity contribution in [2.24, 2.45) is 0 Å². The predicted molar refractivity (Wildman–Crippen MR) is 75.5 cm³/mol. The topological polar surface area (TPSA) is 98.6 Å². The Kier molecular flexibility index (Phi) is 4.41. The summed E-state index contributed by atoms with van der Waals surface area (Å²) in [5.41, 5.74) is 8.53. The minimum atomic E-state index is 0. The van der Waals surface area contributed by atoms with Gasteiger partial charge in [-0.1, -0.05) is 5.21 Å². The second-order valence-electron chi connectivity index (χ2n) is 4.33. The average molecular weight is 295 g/mol. The zero-order chi connectivity index (χ0) is 13.1. The molecule has 3 aromatic heterocycles. The summed E-state index contributed by atoms with van der Waals surface area (Å²) in [6.07, 6.45) is 8.64. The quantitative estimate of drug-likeness (QED) is 0.742. The highest BCUT2D eigenvalue weighted by Gasteiger charge is 2.04. The molecule has 106 valence electrons. The van der Waals surface area contributed by atoms with Crippen molar-refractivity contribution in [2.75, 3.05) is 5.73 Å². The zero-order valence-corrected chi connectivity index (χ0v) is 11.5. The van der Waals surface area contributed by atoms with E-state index in [0.29, 0.717) is 12.5 Å². The van der Waals surface area contributed by atoms with Gasteiger partial charge in [-0.3, -0.25) is 0 Å². The van der Waals surface area contributed by atoms with E-state index in [2.05, 4.69) is 20.3 Å². The number of hydrogen-bond acceptors (Lipinski definition) is 5. The summed E-state index contributed by atoms with van der Waals surface area (Å²) >= 11 is 0. The molecule has 3 rings (SSSR count). The van der Waals surface area contributed by atoms with Crippen LogP contribution < -0.4 is 5.73 Å². The van der Waals surface area contributed by atoms with Gasteiger partial charge in [0, 0.05) is 17.5 Å². The molecule has 0 amide bonds. The minimum absolute atomic E-state index is 0. The molecule has 0 bridgehead atoms. The number of aryl methyl sites for hydroxylation is 2. The fourth-order valence-corrected chi connectivity index (χ4v) is 1.87. The van der Waals surface area contributed by atoms with Gasteiger partial charge in [0.05, 0.1) is 31.0 Å². The summed E-state index contributed by atoms with van der Waals surface area (Å²) < 4.78 is 6.81. The van der Waals surface area contributed by atoms with E-state index in [4.69, 9.17) is 10.2 Å². The number of nitrogens with two attached hydrogens (primary N) is 1. The van der Waals surface area contributed by atoms with Gasteiger partial charge in [-0.2, -0.15) is 0 Å². The maximum absolute atomic E-state index is 5.52. The van der Waals surface area contributed by atoms with Crippen LogP contribution in [0.1, 0.15) is 17.0 Å². The number of imidazole rings is 1. The van der Waals surface area contributed by atoms with Gasteiger partial charge in [-0.05, 0) is 18.9 Å². The monoisotopic (exact) mass is 294 g/mol. The standard InChI is InChI=1S/C12H14N6O.ClH/c13-12-14-5-10(15-12)1-2-11-7-18(17-16-11)6-9-3-4-19-8-9;/h3-5,7-8H,1-2,6H2,(H3,13,14,15);1H. The number of furan rings is 1. The Balaban J connectivity index is 0.00000147. The minimum Gasteiger partial charge on any atom is -0.472 e. The van der Waals surface area contributed by atoms with Gasteiger partial charge < -0.3 is 15.1 Å². The summed E-state index contributed by atoms with van der Waals surface area (Å²) in [5.74, 6) is 0.443. The van der Waals surface area contributed by atoms with E-state index < -0.39 is 0 Å². The second-order valence-corrected chi connectivity index (χ2v) is 4.33. The summed E-state index contributed by atoms with van der Waals surface area (Å²) in [6.45, 7) is 0.667. The van der Waals surface area contributed by atoms with Crippen LogP contribution in [0, 0.1) is 0 Å². The Hall–Kier alpha value is -2.28. The van der Waals surface area contributed by atoms with Crippen LogP contribution in [0.2, 0.25) is 0 Å². The molecule has 0 fully saturated rings. The fraction of sp³-hybridized carbons (Fsp3) is 0.250. The first-order chi connectivity index (χ1) is 9.29. The third-order valence-electron chi connectivity index (χ3n) is 2.81. The van der Waals surface area contributed by atoms with Crippen LogP contribution in [0.25, 0.3) is 0 Å². The molecule has 0 aliphatic heterocycles. The van der Waals surface area contributed by atoms with E-state index in [0.717, 1.165) is 29.8 Å². The highest BCUT2D eigenvalue weighted by atomic mass is 35.5. The first-order valence-corrected chi connectivity index (χ1v) is 5.99. The molecule has 8 heteroatoms. The third kappa shape index (κ3) is 3.39. The van der Waals surface area contributed by atoms with Crippen molar-refractivity contribution in [3.05, 3.63) is 47.9 Å². The lowest BCUT2D eigenvalue weighted by Gasteiger charge is -1.95. The SMILES string of the molecule is Cl.Nc1ncc(CCc2cn(Cc3ccoc3)nn2)[nH]1. The summed E-state index contributed by atoms with van der Waals surface area (Å²) in [7, 11) is 0. The van der Waals surface area contributed by atoms with E-state index in [9.17, 15) is 0 Å². The lowest BCUT2D eigenvalue weighted by atomic mass is 10.2. The number of nitrogen functional groups attached to an aromatic ring is 1. The van der Waals surface area contributed by atoms with Crippen LogP contribution in [-0.4, -0.2) is 25.0 Å². The van der Waals surface area contributed by atoms with Crippen molar-refractivity contribution in [1.29, 1.82) is 0 Å². The Bertz CT molecular complexity index is 645. The van der Waals surface area contributed by atoms with E-state index in [-0.39, 0.29) is 12.4 Å². The number of hydrogen-bond donors (Lipinski definition) is 2. The number of nitrogens with zero attached hydrogens (tertiary/aromatic N) is 4. The van der Waals surface area contributed by atoms with E-state index in [1.54, 1.807) is 23.4 Å². The van der Waals surface area contributed by atoms with Gasteiger partial charge in [0.15, 0.2) is 5.95 Å². The van der Waals surface area contributed by atoms with Crippen LogP contribution >= 0.6 is 12.4 Å². The van der Waals surface area contributed by atoms with Gasteiger partial charge in [-0.25, -0.2) is 9.67 Å². The molecule has 0 unspecified atom stereocenters. The Labute approximate surface area is 121 Å². The molecule has 7 nitrogen and oxygen atoms in total. The molecule has 0 atom stereocenters. The molecule has 20 heavy (non-hydrogen) atoms. The molecule has 0 aliphatic rings. The third-order valence-corrected chi connectivity index (χ3v) is 2.81. The largest absolute Gasteiger partial charge is 0.472 e. The number of aromatic nitrogens is 5. The van der Waals surface area contributed by atoms with Crippen molar-refractivity contribution in [3.63, 3.8) is 0 Å². The van der Waals surface area contributed by atoms with Gasteiger partial charge in [0.2, 0.25) is 0 Å².